The van der Waals surface area contributed by atoms with Crippen molar-refractivity contribution in [3.8, 4) is 0 Å². The van der Waals surface area contributed by atoms with Crippen molar-refractivity contribution in [3.05, 3.63) is 183 Å². The van der Waals surface area contributed by atoms with E-state index in [0.717, 1.165) is 12.6 Å². The monoisotopic (exact) mass is 776 g/mol. The molecular formula is C42H41ClO2P2Ru+. The van der Waals surface area contributed by atoms with Crippen LogP contribution in [-0.2, 0) is 26.8 Å². The second kappa shape index (κ2) is 19.3. The number of hydrogen-bond donors (Lipinski definition) is 0. The van der Waals surface area contributed by atoms with Gasteiger partial charge in [-0.2, -0.15) is 0 Å². The molecule has 0 amide bonds. The van der Waals surface area contributed by atoms with Gasteiger partial charge in [0.2, 0.25) is 0 Å². The molecule has 2 aliphatic rings. The molecule has 1 heterocycles. The minimum Gasteiger partial charge on any atom is -0.0622 e. The number of ether oxygens (including phenoxy) is 2. The first-order chi connectivity index (χ1) is 23.6. The van der Waals surface area contributed by atoms with E-state index in [1.54, 1.807) is 0 Å². The fourth-order valence-corrected chi connectivity index (χ4v) is 10.7. The first-order valence-electron chi connectivity index (χ1n) is 16.1. The van der Waals surface area contributed by atoms with Crippen molar-refractivity contribution < 1.29 is 26.8 Å². The molecule has 1 aliphatic heterocycles. The van der Waals surface area contributed by atoms with Crippen LogP contribution >= 0.6 is 25.5 Å². The van der Waals surface area contributed by atoms with Gasteiger partial charge in [0.25, 0.3) is 0 Å². The zero-order valence-electron chi connectivity index (χ0n) is 27.3. The minimum absolute atomic E-state index is 0.0832. The molecule has 0 aromatic heterocycles. The molecular weight excluding hydrogens is 735 g/mol. The van der Waals surface area contributed by atoms with Gasteiger partial charge in [0.1, 0.15) is 0 Å². The van der Waals surface area contributed by atoms with E-state index in [4.69, 9.17) is 9.47 Å². The van der Waals surface area contributed by atoms with Crippen LogP contribution in [0.2, 0.25) is 0 Å². The van der Waals surface area contributed by atoms with Crippen LogP contribution in [0.5, 0.6) is 0 Å². The van der Waals surface area contributed by atoms with Crippen molar-refractivity contribution in [1.29, 1.82) is 0 Å². The normalized spacial score (nSPS) is 18.5. The maximum Gasteiger partial charge on any atom is -0.0134 e. The predicted molar refractivity (Wildman–Crippen MR) is 204 cm³/mol. The van der Waals surface area contributed by atoms with Crippen LogP contribution < -0.4 is 26.5 Å². The summed E-state index contributed by atoms with van der Waals surface area (Å²) in [6, 6.07) is 54.0. The number of hydrogen-bond acceptors (Lipinski definition) is 2. The summed E-state index contributed by atoms with van der Waals surface area (Å²) < 4.78 is 12.7. The molecule has 2 fully saturated rings. The van der Waals surface area contributed by atoms with Gasteiger partial charge in [-0.1, -0.05) is 152 Å². The molecule has 48 heavy (non-hydrogen) atoms. The molecule has 0 N–H and O–H groups in total. The molecule has 7 rings (SSSR count). The van der Waals surface area contributed by atoms with Gasteiger partial charge in [0.05, 0.1) is 12.2 Å². The quantitative estimate of drug-likeness (QED) is 0.110. The number of benzene rings is 5. The molecule has 5 aromatic rings. The van der Waals surface area contributed by atoms with E-state index in [1.807, 2.05) is 31.2 Å². The van der Waals surface area contributed by atoms with Gasteiger partial charge in [-0.15, -0.1) is 0 Å². The summed E-state index contributed by atoms with van der Waals surface area (Å²) in [5.41, 5.74) is 0. The molecule has 1 saturated carbocycles. The van der Waals surface area contributed by atoms with Gasteiger partial charge in [-0.05, 0) is 94.2 Å². The van der Waals surface area contributed by atoms with E-state index >= 15 is 0 Å². The average Bonchev–Trinajstić information content (AvgIpc) is 3.77. The van der Waals surface area contributed by atoms with Crippen LogP contribution in [0, 0.1) is 31.6 Å². The summed E-state index contributed by atoms with van der Waals surface area (Å²) in [6.07, 6.45) is 10.6. The van der Waals surface area contributed by atoms with Gasteiger partial charge < -0.3 is 9.47 Å². The number of halogens is 1. The first kappa shape index (κ1) is 37.1. The van der Waals surface area contributed by atoms with E-state index in [-0.39, 0.29) is 12.2 Å². The van der Waals surface area contributed by atoms with Crippen molar-refractivity contribution in [2.45, 2.75) is 38.3 Å². The topological polar surface area (TPSA) is 18.5 Å². The zero-order valence-corrected chi connectivity index (χ0v) is 31.5. The Morgan fingerprint density at radius 1 is 0.521 bits per heavy atom. The summed E-state index contributed by atoms with van der Waals surface area (Å²) >= 11 is 1.82. The third-order valence-corrected chi connectivity index (χ3v) is 13.0. The van der Waals surface area contributed by atoms with Crippen LogP contribution in [0.15, 0.2) is 152 Å². The van der Waals surface area contributed by atoms with Crippen molar-refractivity contribution in [2.24, 2.45) is 0 Å². The van der Waals surface area contributed by atoms with Crippen molar-refractivity contribution in [3.63, 3.8) is 0 Å². The standard InChI is InChI=1S/C24H26O2P.C18H15P.ClH.Ru/c1-24(2)25-22(17-19-11-9-10-12-19)23(26-24)18-27(20-13-5-3-6-14-20)21-15-7-4-8-16-21;1-4-10-16(11-5-1)19(17-12-6-2-7-13-17)18-14-8-3-9-15-18;;/h3-16,22-23H,17-18H2,1-2H3;1-15H;1H;/q;;;+2/p-1/t22-,23-;;;/m0.../s1. The molecule has 0 bridgehead atoms. The summed E-state index contributed by atoms with van der Waals surface area (Å²) in [4.78, 5) is 0. The van der Waals surface area contributed by atoms with Gasteiger partial charge in [-0.3, -0.25) is 0 Å². The zero-order chi connectivity index (χ0) is 33.6. The maximum absolute atomic E-state index is 6.38. The molecule has 2 nitrogen and oxygen atoms in total. The Balaban J connectivity index is 0.000000188. The first-order valence-corrected chi connectivity index (χ1v) is 21.2. The smallest absolute Gasteiger partial charge is 0.0134 e. The van der Waals surface area contributed by atoms with Crippen LogP contribution in [0.3, 0.4) is 0 Å². The molecule has 5 radical (unpaired) electrons. The van der Waals surface area contributed by atoms with Crippen LogP contribution in [0.25, 0.3) is 0 Å². The van der Waals surface area contributed by atoms with Crippen molar-refractivity contribution in [1.82, 2.24) is 0 Å². The molecule has 6 heteroatoms. The van der Waals surface area contributed by atoms with E-state index in [1.165, 1.54) is 32.4 Å². The molecule has 2 atom stereocenters. The molecule has 5 aromatic carbocycles. The van der Waals surface area contributed by atoms with Crippen LogP contribution in [0.4, 0.5) is 0 Å². The molecule has 0 unspecified atom stereocenters. The van der Waals surface area contributed by atoms with Crippen LogP contribution in [0.1, 0.15) is 20.3 Å². The molecule has 1 aliphatic carbocycles. The molecule has 0 spiro atoms. The minimum atomic E-state index is -0.531. The summed E-state index contributed by atoms with van der Waals surface area (Å²) in [5.74, 6) is 0.783. The summed E-state index contributed by atoms with van der Waals surface area (Å²) in [6.45, 7) is 4.05. The van der Waals surface area contributed by atoms with Gasteiger partial charge in [0.15, 0.2) is 5.79 Å². The Labute approximate surface area is 304 Å². The Morgan fingerprint density at radius 2 is 0.854 bits per heavy atom. The summed E-state index contributed by atoms with van der Waals surface area (Å²) in [5, 5.41) is 6.97. The van der Waals surface area contributed by atoms with Gasteiger partial charge >= 0.3 is 27.0 Å². The van der Waals surface area contributed by atoms with Crippen LogP contribution in [-0.4, -0.2) is 24.2 Å². The fraction of sp³-hybridized carbons (Fsp3) is 0.167. The number of rotatable bonds is 9. The van der Waals surface area contributed by atoms with Gasteiger partial charge in [-0.25, -0.2) is 0 Å². The molecule has 245 valence electrons. The van der Waals surface area contributed by atoms with Gasteiger partial charge in [0, 0.05) is 6.16 Å². The van der Waals surface area contributed by atoms with E-state index in [0.29, 0.717) is 0 Å². The van der Waals surface area contributed by atoms with E-state index in [2.05, 4.69) is 187 Å². The maximum atomic E-state index is 6.38. The Bertz CT molecular complexity index is 1450. The largest absolute Gasteiger partial charge is 0.0622 e. The Kier molecular flexibility index (Phi) is 14.9. The van der Waals surface area contributed by atoms with Crippen molar-refractivity contribution in [2.75, 3.05) is 6.16 Å². The predicted octanol–water partition coefficient (Wildman–Crippen LogP) is 8.57. The van der Waals surface area contributed by atoms with E-state index in [9.17, 15) is 0 Å². The molecule has 1 saturated heterocycles. The Hall–Kier alpha value is -2.21. The Morgan fingerprint density at radius 3 is 1.23 bits per heavy atom. The van der Waals surface area contributed by atoms with Crippen molar-refractivity contribution >= 4 is 52.1 Å². The SMILES string of the molecule is CC1(C)O[C@@H](C[C]2[CH][CH][CH][CH]2)[C@H](CP(c2ccccc2)c2ccccc2)O1.[Cl][Ru+].c1ccc(P(c2ccccc2)c2ccccc2)cc1. The second-order valence-corrected chi connectivity index (χ2v) is 16.3. The third kappa shape index (κ3) is 10.6. The second-order valence-electron chi connectivity index (χ2n) is 11.8. The third-order valence-electron chi connectivity index (χ3n) is 8.00. The van der Waals surface area contributed by atoms with E-state index < -0.39 is 21.6 Å². The summed E-state index contributed by atoms with van der Waals surface area (Å²) in [7, 11) is 3.62. The average molecular weight is 776 g/mol. The fourth-order valence-electron chi connectivity index (χ4n) is 5.95.